The number of pyridine rings is 1. The second kappa shape index (κ2) is 5.25. The molecule has 0 aromatic carbocycles. The third kappa shape index (κ3) is 2.52. The monoisotopic (exact) mass is 347 g/mol. The molecule has 1 aliphatic heterocycles. The summed E-state index contributed by atoms with van der Waals surface area (Å²) in [5, 5.41) is 7.27. The van der Waals surface area contributed by atoms with Crippen molar-refractivity contribution in [3.05, 3.63) is 58.2 Å². The Labute approximate surface area is 130 Å². The Hall–Kier alpha value is -2.28. The van der Waals surface area contributed by atoms with E-state index in [4.69, 9.17) is 5.73 Å². The van der Waals surface area contributed by atoms with E-state index < -0.39 is 0 Å². The first-order valence-corrected chi connectivity index (χ1v) is 7.17. The van der Waals surface area contributed by atoms with E-state index in [-0.39, 0.29) is 5.91 Å². The van der Waals surface area contributed by atoms with Crippen molar-refractivity contribution in [2.45, 2.75) is 0 Å². The quantitative estimate of drug-likeness (QED) is 0.862. The SMILES string of the molecule is CN(C(=O)c1ccn2ncc(Br)c2c1)C1=CC=C(N)CN1. The topological polar surface area (TPSA) is 75.7 Å². The standard InChI is InChI=1S/C14H14BrN5O/c1-19(13-3-2-10(16)7-17-13)14(21)9-4-5-20-12(6-9)11(15)8-18-20/h2-6,8,17H,7,16H2,1H3. The van der Waals surface area contributed by atoms with Crippen molar-refractivity contribution in [1.82, 2.24) is 19.8 Å². The number of hydrogen-bond acceptors (Lipinski definition) is 4. The molecule has 0 spiro atoms. The molecule has 3 rings (SSSR count). The van der Waals surface area contributed by atoms with Gasteiger partial charge in [0.25, 0.3) is 5.91 Å². The zero-order chi connectivity index (χ0) is 15.0. The fourth-order valence-corrected chi connectivity index (χ4v) is 2.50. The van der Waals surface area contributed by atoms with Crippen LogP contribution in [0.1, 0.15) is 10.4 Å². The first-order valence-electron chi connectivity index (χ1n) is 6.37. The lowest BCUT2D eigenvalue weighted by atomic mass is 10.2. The highest BCUT2D eigenvalue weighted by Gasteiger charge is 2.17. The van der Waals surface area contributed by atoms with Crippen molar-refractivity contribution in [3.8, 4) is 0 Å². The minimum absolute atomic E-state index is 0.0989. The number of nitrogens with zero attached hydrogens (tertiary/aromatic N) is 3. The van der Waals surface area contributed by atoms with Crippen LogP contribution in [0.15, 0.2) is 52.7 Å². The number of carbonyl (C=O) groups excluding carboxylic acids is 1. The van der Waals surface area contributed by atoms with Crippen molar-refractivity contribution >= 4 is 27.4 Å². The van der Waals surface area contributed by atoms with Crippen LogP contribution in [0.25, 0.3) is 5.52 Å². The number of nitrogens with two attached hydrogens (primary N) is 1. The first-order chi connectivity index (χ1) is 10.1. The normalized spacial score (nSPS) is 14.4. The van der Waals surface area contributed by atoms with Crippen LogP contribution in [0.5, 0.6) is 0 Å². The highest BCUT2D eigenvalue weighted by atomic mass is 79.9. The molecule has 0 saturated heterocycles. The Morgan fingerprint density at radius 2 is 2.33 bits per heavy atom. The lowest BCUT2D eigenvalue weighted by molar-refractivity contribution is 0.0828. The van der Waals surface area contributed by atoms with Crippen molar-refractivity contribution in [2.24, 2.45) is 5.73 Å². The molecule has 3 N–H and O–H groups in total. The van der Waals surface area contributed by atoms with Gasteiger partial charge in [0, 0.05) is 24.5 Å². The second-order valence-corrected chi connectivity index (χ2v) is 5.60. The molecule has 0 radical (unpaired) electrons. The van der Waals surface area contributed by atoms with E-state index in [9.17, 15) is 4.79 Å². The van der Waals surface area contributed by atoms with Gasteiger partial charge in [0.1, 0.15) is 5.82 Å². The van der Waals surface area contributed by atoms with E-state index in [2.05, 4.69) is 26.3 Å². The lowest BCUT2D eigenvalue weighted by Crippen LogP contribution is -2.36. The number of aromatic nitrogens is 2. The molecule has 0 saturated carbocycles. The highest BCUT2D eigenvalue weighted by molar-refractivity contribution is 9.10. The maximum Gasteiger partial charge on any atom is 0.259 e. The minimum atomic E-state index is -0.0989. The van der Waals surface area contributed by atoms with Gasteiger partial charge in [-0.05, 0) is 40.2 Å². The minimum Gasteiger partial charge on any atom is -0.401 e. The number of carbonyl (C=O) groups is 1. The second-order valence-electron chi connectivity index (χ2n) is 4.75. The summed E-state index contributed by atoms with van der Waals surface area (Å²) in [5.74, 6) is 0.625. The van der Waals surface area contributed by atoms with Crippen LogP contribution in [0, 0.1) is 0 Å². The van der Waals surface area contributed by atoms with Crippen LogP contribution in [-0.4, -0.2) is 34.0 Å². The maximum atomic E-state index is 12.6. The fraction of sp³-hybridized carbons (Fsp3) is 0.143. The van der Waals surface area contributed by atoms with Crippen LogP contribution in [0.2, 0.25) is 0 Å². The van der Waals surface area contributed by atoms with Crippen LogP contribution in [-0.2, 0) is 0 Å². The summed E-state index contributed by atoms with van der Waals surface area (Å²) < 4.78 is 2.56. The first kappa shape index (κ1) is 13.7. The number of dihydropyridines is 1. The van der Waals surface area contributed by atoms with Gasteiger partial charge in [-0.3, -0.25) is 9.69 Å². The molecular weight excluding hydrogens is 334 g/mol. The van der Waals surface area contributed by atoms with Crippen molar-refractivity contribution in [3.63, 3.8) is 0 Å². The molecule has 2 aromatic rings. The molecular formula is C14H14BrN5O. The van der Waals surface area contributed by atoms with Gasteiger partial charge in [-0.1, -0.05) is 0 Å². The number of hydrogen-bond donors (Lipinski definition) is 2. The molecule has 1 aliphatic rings. The average Bonchev–Trinajstić information content (AvgIpc) is 2.87. The van der Waals surface area contributed by atoms with Gasteiger partial charge >= 0.3 is 0 Å². The number of amides is 1. The smallest absolute Gasteiger partial charge is 0.259 e. The number of nitrogens with one attached hydrogen (secondary N) is 1. The number of halogens is 1. The van der Waals surface area contributed by atoms with Crippen molar-refractivity contribution in [1.29, 1.82) is 0 Å². The van der Waals surface area contributed by atoms with Gasteiger partial charge in [0.05, 0.1) is 22.7 Å². The van der Waals surface area contributed by atoms with E-state index in [0.717, 1.165) is 21.5 Å². The predicted molar refractivity (Wildman–Crippen MR) is 83.3 cm³/mol. The summed E-state index contributed by atoms with van der Waals surface area (Å²) >= 11 is 3.42. The molecule has 108 valence electrons. The van der Waals surface area contributed by atoms with Crippen LogP contribution in [0.4, 0.5) is 0 Å². The largest absolute Gasteiger partial charge is 0.401 e. The number of allylic oxidation sites excluding steroid dienone is 2. The Bertz CT molecular complexity index is 777. The van der Waals surface area contributed by atoms with E-state index in [0.29, 0.717) is 12.1 Å². The Morgan fingerprint density at radius 3 is 3.05 bits per heavy atom. The molecule has 0 aliphatic carbocycles. The Balaban J connectivity index is 1.91. The molecule has 0 atom stereocenters. The van der Waals surface area contributed by atoms with Gasteiger partial charge in [0.2, 0.25) is 0 Å². The zero-order valence-corrected chi connectivity index (χ0v) is 13.0. The van der Waals surface area contributed by atoms with Gasteiger partial charge < -0.3 is 11.1 Å². The average molecular weight is 348 g/mol. The van der Waals surface area contributed by atoms with E-state index >= 15 is 0 Å². The van der Waals surface area contributed by atoms with E-state index in [1.807, 2.05) is 6.07 Å². The molecule has 7 heteroatoms. The van der Waals surface area contributed by atoms with Crippen LogP contribution in [0.3, 0.4) is 0 Å². The lowest BCUT2D eigenvalue weighted by Gasteiger charge is -2.24. The molecule has 0 fully saturated rings. The summed E-state index contributed by atoms with van der Waals surface area (Å²) in [6.07, 6.45) is 7.06. The molecule has 1 amide bonds. The summed E-state index contributed by atoms with van der Waals surface area (Å²) in [4.78, 5) is 14.1. The van der Waals surface area contributed by atoms with Gasteiger partial charge in [-0.2, -0.15) is 5.10 Å². The Kier molecular flexibility index (Phi) is 3.42. The molecule has 0 bridgehead atoms. The van der Waals surface area contributed by atoms with Gasteiger partial charge in [-0.15, -0.1) is 0 Å². The third-order valence-electron chi connectivity index (χ3n) is 3.32. The third-order valence-corrected chi connectivity index (χ3v) is 3.93. The summed E-state index contributed by atoms with van der Waals surface area (Å²) in [5.41, 5.74) is 7.87. The Morgan fingerprint density at radius 1 is 1.52 bits per heavy atom. The van der Waals surface area contributed by atoms with Crippen molar-refractivity contribution < 1.29 is 4.79 Å². The molecule has 0 unspecified atom stereocenters. The maximum absolute atomic E-state index is 12.6. The summed E-state index contributed by atoms with van der Waals surface area (Å²) in [7, 11) is 1.73. The van der Waals surface area contributed by atoms with Gasteiger partial charge in [-0.25, -0.2) is 4.52 Å². The number of fused-ring (bicyclic) bond motifs is 1. The van der Waals surface area contributed by atoms with Crippen molar-refractivity contribution in [2.75, 3.05) is 13.6 Å². The molecule has 21 heavy (non-hydrogen) atoms. The van der Waals surface area contributed by atoms with E-state index in [1.165, 1.54) is 0 Å². The summed E-state index contributed by atoms with van der Waals surface area (Å²) in [6, 6.07) is 3.56. The van der Waals surface area contributed by atoms with Gasteiger partial charge in [0.15, 0.2) is 0 Å². The molecule has 3 heterocycles. The molecule has 2 aromatic heterocycles. The molecule has 6 nitrogen and oxygen atoms in total. The summed E-state index contributed by atoms with van der Waals surface area (Å²) in [6.45, 7) is 0.538. The predicted octanol–water partition coefficient (Wildman–Crippen LogP) is 1.46. The highest BCUT2D eigenvalue weighted by Crippen LogP contribution is 2.19. The fourth-order valence-electron chi connectivity index (χ4n) is 2.11. The van der Waals surface area contributed by atoms with E-state index in [1.54, 1.807) is 47.1 Å². The zero-order valence-electron chi connectivity index (χ0n) is 11.4. The van der Waals surface area contributed by atoms with Crippen LogP contribution >= 0.6 is 15.9 Å². The van der Waals surface area contributed by atoms with Crippen LogP contribution < -0.4 is 11.1 Å². The number of rotatable bonds is 2.